The Bertz CT molecular complexity index is 335. The van der Waals surface area contributed by atoms with E-state index in [9.17, 15) is 13.2 Å². The predicted octanol–water partition coefficient (Wildman–Crippen LogP) is 1.77. The van der Waals surface area contributed by atoms with E-state index in [0.717, 1.165) is 0 Å². The zero-order valence-electron chi connectivity index (χ0n) is 9.96. The number of hydrogen-bond acceptors (Lipinski definition) is 3. The third-order valence-corrected chi connectivity index (χ3v) is 2.42. The second-order valence-electron chi connectivity index (χ2n) is 3.74. The maximum Gasteiger partial charge on any atom is 0.404 e. The van der Waals surface area contributed by atoms with E-state index in [1.807, 2.05) is 13.8 Å². The summed E-state index contributed by atoms with van der Waals surface area (Å²) < 4.78 is 39.7. The summed E-state index contributed by atoms with van der Waals surface area (Å²) in [6.45, 7) is 4.51. The van der Waals surface area contributed by atoms with Gasteiger partial charge in [-0.1, -0.05) is 6.92 Å². The van der Waals surface area contributed by atoms with Crippen LogP contribution in [-0.4, -0.2) is 33.5 Å². The van der Waals surface area contributed by atoms with Crippen LogP contribution in [0.15, 0.2) is 6.33 Å². The number of alkyl halides is 3. The van der Waals surface area contributed by atoms with E-state index < -0.39 is 12.2 Å². The van der Waals surface area contributed by atoms with Gasteiger partial charge < -0.3 is 5.32 Å². The zero-order valence-corrected chi connectivity index (χ0v) is 9.96. The third-order valence-electron chi connectivity index (χ3n) is 2.42. The van der Waals surface area contributed by atoms with Gasteiger partial charge in [0.2, 0.25) is 0 Å². The lowest BCUT2D eigenvalue weighted by Gasteiger charge is -2.21. The summed E-state index contributed by atoms with van der Waals surface area (Å²) in [5, 5.41) is 6.35. The minimum Gasteiger partial charge on any atom is -0.306 e. The molecule has 1 atom stereocenters. The number of rotatable bonds is 6. The lowest BCUT2D eigenvalue weighted by Crippen LogP contribution is -2.44. The molecule has 0 radical (unpaired) electrons. The summed E-state index contributed by atoms with van der Waals surface area (Å²) in [6.07, 6.45) is -2.50. The Hall–Kier alpha value is -1.11. The highest BCUT2D eigenvalue weighted by atomic mass is 19.4. The van der Waals surface area contributed by atoms with Gasteiger partial charge in [0.1, 0.15) is 18.2 Å². The average molecular weight is 250 g/mol. The molecule has 0 spiro atoms. The molecule has 7 heteroatoms. The van der Waals surface area contributed by atoms with Crippen molar-refractivity contribution in [3.05, 3.63) is 12.2 Å². The van der Waals surface area contributed by atoms with Crippen LogP contribution in [0.3, 0.4) is 0 Å². The molecule has 1 heterocycles. The molecule has 0 saturated carbocycles. The van der Waals surface area contributed by atoms with Crippen LogP contribution in [0.4, 0.5) is 13.2 Å². The Balaban J connectivity index is 2.72. The molecule has 4 nitrogen and oxygen atoms in total. The van der Waals surface area contributed by atoms with E-state index in [1.54, 1.807) is 0 Å². The molecule has 0 fully saturated rings. The fourth-order valence-electron chi connectivity index (χ4n) is 1.52. The second-order valence-corrected chi connectivity index (χ2v) is 3.74. The summed E-state index contributed by atoms with van der Waals surface area (Å²) in [5.41, 5.74) is 0. The molecule has 98 valence electrons. The molecule has 1 aromatic heterocycles. The van der Waals surface area contributed by atoms with Gasteiger partial charge in [-0.25, -0.2) is 4.98 Å². The number of halogens is 3. The third kappa shape index (κ3) is 3.99. The van der Waals surface area contributed by atoms with Gasteiger partial charge in [0.15, 0.2) is 0 Å². The molecule has 0 aromatic carbocycles. The van der Waals surface area contributed by atoms with E-state index >= 15 is 0 Å². The van der Waals surface area contributed by atoms with Crippen LogP contribution in [-0.2, 0) is 13.0 Å². The predicted molar refractivity (Wildman–Crippen MR) is 57.5 cm³/mol. The van der Waals surface area contributed by atoms with E-state index in [1.165, 1.54) is 11.0 Å². The molecule has 17 heavy (non-hydrogen) atoms. The van der Waals surface area contributed by atoms with Crippen LogP contribution in [0.5, 0.6) is 0 Å². The SMILES string of the molecule is CCCNC(Cc1ncnn1CC)C(F)(F)F. The maximum atomic E-state index is 12.8. The van der Waals surface area contributed by atoms with Crippen LogP contribution in [0.1, 0.15) is 26.1 Å². The molecule has 1 N–H and O–H groups in total. The maximum absolute atomic E-state index is 12.8. The number of nitrogens with zero attached hydrogens (tertiary/aromatic N) is 3. The van der Waals surface area contributed by atoms with E-state index in [-0.39, 0.29) is 6.42 Å². The fraction of sp³-hybridized carbons (Fsp3) is 0.800. The molecule has 0 aliphatic carbocycles. The number of hydrogen-bond donors (Lipinski definition) is 1. The van der Waals surface area contributed by atoms with Gasteiger partial charge in [-0.05, 0) is 19.9 Å². The first-order valence-electron chi connectivity index (χ1n) is 5.65. The molecular formula is C10H17F3N4. The first-order valence-corrected chi connectivity index (χ1v) is 5.65. The van der Waals surface area contributed by atoms with Gasteiger partial charge in [-0.15, -0.1) is 0 Å². The van der Waals surface area contributed by atoms with Crippen molar-refractivity contribution >= 4 is 0 Å². The zero-order chi connectivity index (χ0) is 12.9. The summed E-state index contributed by atoms with van der Waals surface area (Å²) >= 11 is 0. The lowest BCUT2D eigenvalue weighted by atomic mass is 10.2. The highest BCUT2D eigenvalue weighted by Crippen LogP contribution is 2.22. The Kier molecular flexibility index (Phi) is 4.92. The summed E-state index contributed by atoms with van der Waals surface area (Å²) in [7, 11) is 0. The summed E-state index contributed by atoms with van der Waals surface area (Å²) in [6, 6.07) is -1.56. The smallest absolute Gasteiger partial charge is 0.306 e. The molecule has 1 unspecified atom stereocenters. The van der Waals surface area contributed by atoms with Crippen molar-refractivity contribution in [2.75, 3.05) is 6.54 Å². The van der Waals surface area contributed by atoms with Crippen molar-refractivity contribution in [3.8, 4) is 0 Å². The van der Waals surface area contributed by atoms with Gasteiger partial charge in [0, 0.05) is 13.0 Å². The largest absolute Gasteiger partial charge is 0.404 e. The number of aryl methyl sites for hydroxylation is 1. The average Bonchev–Trinajstić information content (AvgIpc) is 2.69. The Morgan fingerprint density at radius 3 is 2.65 bits per heavy atom. The molecule has 0 bridgehead atoms. The van der Waals surface area contributed by atoms with Crippen molar-refractivity contribution in [1.82, 2.24) is 20.1 Å². The van der Waals surface area contributed by atoms with Gasteiger partial charge in [0.05, 0.1) is 0 Å². The van der Waals surface area contributed by atoms with E-state index in [2.05, 4.69) is 15.4 Å². The number of nitrogens with one attached hydrogen (secondary N) is 1. The van der Waals surface area contributed by atoms with E-state index in [0.29, 0.717) is 25.3 Å². The first kappa shape index (κ1) is 14.0. The molecule has 0 aliphatic heterocycles. The van der Waals surface area contributed by atoms with Gasteiger partial charge in [0.25, 0.3) is 0 Å². The standard InChI is InChI=1S/C10H17F3N4/c1-3-5-14-8(10(11,12)13)6-9-15-7-16-17(9)4-2/h7-8,14H,3-6H2,1-2H3. The summed E-state index contributed by atoms with van der Waals surface area (Å²) in [5.74, 6) is 0.360. The van der Waals surface area contributed by atoms with E-state index in [4.69, 9.17) is 0 Å². The topological polar surface area (TPSA) is 42.7 Å². The van der Waals surface area contributed by atoms with Gasteiger partial charge in [-0.2, -0.15) is 18.3 Å². The Morgan fingerprint density at radius 1 is 1.41 bits per heavy atom. The van der Waals surface area contributed by atoms with Crippen LogP contribution < -0.4 is 5.32 Å². The molecule has 0 amide bonds. The fourth-order valence-corrected chi connectivity index (χ4v) is 1.52. The molecular weight excluding hydrogens is 233 g/mol. The number of aromatic nitrogens is 3. The molecule has 0 saturated heterocycles. The van der Waals surface area contributed by atoms with Crippen LogP contribution in [0, 0.1) is 0 Å². The van der Waals surface area contributed by atoms with Crippen LogP contribution in [0.2, 0.25) is 0 Å². The van der Waals surface area contributed by atoms with Crippen molar-refractivity contribution in [3.63, 3.8) is 0 Å². The van der Waals surface area contributed by atoms with Crippen LogP contribution >= 0.6 is 0 Å². The lowest BCUT2D eigenvalue weighted by molar-refractivity contribution is -0.155. The first-order chi connectivity index (χ1) is 7.99. The van der Waals surface area contributed by atoms with Gasteiger partial charge in [-0.3, -0.25) is 4.68 Å². The van der Waals surface area contributed by atoms with Crippen molar-refractivity contribution in [2.24, 2.45) is 0 Å². The molecule has 1 rings (SSSR count). The second kappa shape index (κ2) is 6.00. The molecule has 1 aromatic rings. The minimum atomic E-state index is -4.26. The highest BCUT2D eigenvalue weighted by molar-refractivity contribution is 4.92. The Morgan fingerprint density at radius 2 is 2.12 bits per heavy atom. The summed E-state index contributed by atoms with van der Waals surface area (Å²) in [4.78, 5) is 3.86. The van der Waals surface area contributed by atoms with Crippen molar-refractivity contribution in [1.29, 1.82) is 0 Å². The van der Waals surface area contributed by atoms with Crippen LogP contribution in [0.25, 0.3) is 0 Å². The highest BCUT2D eigenvalue weighted by Gasteiger charge is 2.39. The Labute approximate surface area is 98.2 Å². The molecule has 0 aliphatic rings. The van der Waals surface area contributed by atoms with Crippen molar-refractivity contribution < 1.29 is 13.2 Å². The monoisotopic (exact) mass is 250 g/mol. The quantitative estimate of drug-likeness (QED) is 0.836. The normalized spacial score (nSPS) is 13.9. The van der Waals surface area contributed by atoms with Gasteiger partial charge >= 0.3 is 6.18 Å². The minimum absolute atomic E-state index is 0.183. The van der Waals surface area contributed by atoms with Crippen molar-refractivity contribution in [2.45, 2.75) is 45.5 Å².